The minimum absolute atomic E-state index is 0.0829. The van der Waals surface area contributed by atoms with E-state index in [0.29, 0.717) is 5.69 Å². The van der Waals surface area contributed by atoms with Gasteiger partial charge in [0.15, 0.2) is 0 Å². The van der Waals surface area contributed by atoms with E-state index in [1.807, 2.05) is 0 Å². The number of ether oxygens (including phenoxy) is 1. The van der Waals surface area contributed by atoms with Crippen LogP contribution in [0, 0.1) is 5.82 Å². The SMILES string of the molecule is Nc1ccc(Oc2ccc(F)c(Cl)c2)c(C(=O)O)c1. The lowest BCUT2D eigenvalue weighted by molar-refractivity contribution is 0.0694. The summed E-state index contributed by atoms with van der Waals surface area (Å²) in [5, 5.41) is 8.94. The van der Waals surface area contributed by atoms with Gasteiger partial charge in [0.25, 0.3) is 0 Å². The van der Waals surface area contributed by atoms with Gasteiger partial charge in [0.2, 0.25) is 0 Å². The van der Waals surface area contributed by atoms with Crippen molar-refractivity contribution in [2.75, 3.05) is 5.73 Å². The van der Waals surface area contributed by atoms with Crippen molar-refractivity contribution in [1.82, 2.24) is 0 Å². The monoisotopic (exact) mass is 281 g/mol. The van der Waals surface area contributed by atoms with Gasteiger partial charge in [0.05, 0.1) is 5.02 Å². The Balaban J connectivity index is 2.37. The molecule has 0 bridgehead atoms. The fraction of sp³-hybridized carbons (Fsp3) is 0. The Morgan fingerprint density at radius 1 is 1.26 bits per heavy atom. The lowest BCUT2D eigenvalue weighted by atomic mass is 10.2. The van der Waals surface area contributed by atoms with E-state index in [-0.39, 0.29) is 22.1 Å². The normalized spacial score (nSPS) is 10.2. The molecule has 19 heavy (non-hydrogen) atoms. The van der Waals surface area contributed by atoms with Gasteiger partial charge in [-0.05, 0) is 30.3 Å². The minimum Gasteiger partial charge on any atom is -0.478 e. The summed E-state index contributed by atoms with van der Waals surface area (Å²) in [7, 11) is 0. The Morgan fingerprint density at radius 3 is 2.63 bits per heavy atom. The number of rotatable bonds is 3. The van der Waals surface area contributed by atoms with Crippen LogP contribution in [0.2, 0.25) is 5.02 Å². The summed E-state index contributed by atoms with van der Waals surface area (Å²) in [4.78, 5) is 11.1. The third-order valence-electron chi connectivity index (χ3n) is 2.35. The molecule has 0 aromatic heterocycles. The van der Waals surface area contributed by atoms with Gasteiger partial charge in [-0.2, -0.15) is 0 Å². The largest absolute Gasteiger partial charge is 0.478 e. The number of hydrogen-bond acceptors (Lipinski definition) is 3. The molecule has 0 saturated carbocycles. The highest BCUT2D eigenvalue weighted by molar-refractivity contribution is 6.30. The Hall–Kier alpha value is -2.27. The molecule has 0 unspecified atom stereocenters. The van der Waals surface area contributed by atoms with E-state index in [4.69, 9.17) is 27.2 Å². The van der Waals surface area contributed by atoms with Crippen LogP contribution in [0.4, 0.5) is 10.1 Å². The number of nitrogens with two attached hydrogens (primary N) is 1. The summed E-state index contributed by atoms with van der Waals surface area (Å²) in [5.74, 6) is -1.41. The summed E-state index contributed by atoms with van der Waals surface area (Å²) in [6.07, 6.45) is 0. The van der Waals surface area contributed by atoms with E-state index < -0.39 is 11.8 Å². The number of aromatic carboxylic acids is 1. The van der Waals surface area contributed by atoms with Gasteiger partial charge < -0.3 is 15.6 Å². The Morgan fingerprint density at radius 2 is 2.00 bits per heavy atom. The van der Waals surface area contributed by atoms with Crippen LogP contribution in [0.5, 0.6) is 11.5 Å². The van der Waals surface area contributed by atoms with Crippen molar-refractivity contribution in [3.63, 3.8) is 0 Å². The molecule has 0 spiro atoms. The first-order valence-electron chi connectivity index (χ1n) is 5.23. The zero-order valence-electron chi connectivity index (χ0n) is 9.56. The molecule has 6 heteroatoms. The van der Waals surface area contributed by atoms with E-state index in [0.717, 1.165) is 6.07 Å². The van der Waals surface area contributed by atoms with E-state index in [1.54, 1.807) is 0 Å². The predicted molar refractivity (Wildman–Crippen MR) is 69.3 cm³/mol. The van der Waals surface area contributed by atoms with Crippen LogP contribution >= 0.6 is 11.6 Å². The van der Waals surface area contributed by atoms with Crippen molar-refractivity contribution in [1.29, 1.82) is 0 Å². The number of anilines is 1. The van der Waals surface area contributed by atoms with Crippen LogP contribution < -0.4 is 10.5 Å². The molecule has 98 valence electrons. The van der Waals surface area contributed by atoms with Crippen LogP contribution in [0.3, 0.4) is 0 Å². The number of benzene rings is 2. The lowest BCUT2D eigenvalue weighted by Crippen LogP contribution is -2.01. The summed E-state index contributed by atoms with van der Waals surface area (Å²) < 4.78 is 18.4. The van der Waals surface area contributed by atoms with E-state index in [9.17, 15) is 9.18 Å². The summed E-state index contributed by atoms with van der Waals surface area (Å²) in [5.41, 5.74) is 5.74. The van der Waals surface area contributed by atoms with Crippen LogP contribution in [-0.4, -0.2) is 11.1 Å². The van der Waals surface area contributed by atoms with Crippen molar-refractivity contribution in [3.05, 3.63) is 52.8 Å². The predicted octanol–water partition coefficient (Wildman–Crippen LogP) is 3.55. The zero-order valence-corrected chi connectivity index (χ0v) is 10.3. The second kappa shape index (κ2) is 5.16. The third-order valence-corrected chi connectivity index (χ3v) is 2.64. The van der Waals surface area contributed by atoms with Crippen LogP contribution in [0.1, 0.15) is 10.4 Å². The van der Waals surface area contributed by atoms with Gasteiger partial charge in [-0.1, -0.05) is 11.6 Å². The van der Waals surface area contributed by atoms with Crippen LogP contribution in [0.25, 0.3) is 0 Å². The van der Waals surface area contributed by atoms with Gasteiger partial charge in [0, 0.05) is 11.8 Å². The van der Waals surface area contributed by atoms with Gasteiger partial charge in [-0.3, -0.25) is 0 Å². The average Bonchev–Trinajstić information content (AvgIpc) is 2.36. The molecule has 0 aliphatic rings. The Kier molecular flexibility index (Phi) is 3.57. The number of carboxylic acid groups (broad SMARTS) is 1. The molecular formula is C13H9ClFNO3. The van der Waals surface area contributed by atoms with E-state index in [2.05, 4.69) is 0 Å². The van der Waals surface area contributed by atoms with E-state index >= 15 is 0 Å². The number of hydrogen-bond donors (Lipinski definition) is 2. The molecule has 0 saturated heterocycles. The van der Waals surface area contributed by atoms with Crippen molar-refractivity contribution in [3.8, 4) is 11.5 Å². The van der Waals surface area contributed by atoms with Crippen molar-refractivity contribution < 1.29 is 19.0 Å². The van der Waals surface area contributed by atoms with Crippen molar-refractivity contribution >= 4 is 23.3 Å². The van der Waals surface area contributed by atoms with Crippen LogP contribution in [0.15, 0.2) is 36.4 Å². The molecular weight excluding hydrogens is 273 g/mol. The van der Waals surface area contributed by atoms with E-state index in [1.165, 1.54) is 30.3 Å². The lowest BCUT2D eigenvalue weighted by Gasteiger charge is -2.09. The minimum atomic E-state index is -1.17. The molecule has 2 rings (SSSR count). The van der Waals surface area contributed by atoms with Crippen molar-refractivity contribution in [2.24, 2.45) is 0 Å². The fourth-order valence-corrected chi connectivity index (χ4v) is 1.64. The smallest absolute Gasteiger partial charge is 0.339 e. The zero-order chi connectivity index (χ0) is 14.0. The summed E-state index contributed by atoms with van der Waals surface area (Å²) >= 11 is 5.62. The molecule has 0 aliphatic heterocycles. The second-order valence-electron chi connectivity index (χ2n) is 3.74. The maximum atomic E-state index is 13.0. The Labute approximate surface area is 113 Å². The maximum absolute atomic E-state index is 13.0. The first kappa shape index (κ1) is 13.2. The summed E-state index contributed by atoms with van der Waals surface area (Å²) in [6.45, 7) is 0. The fourth-order valence-electron chi connectivity index (χ4n) is 1.47. The third kappa shape index (κ3) is 2.95. The highest BCUT2D eigenvalue weighted by Crippen LogP contribution is 2.29. The number of nitrogen functional groups attached to an aromatic ring is 1. The maximum Gasteiger partial charge on any atom is 0.339 e. The quantitative estimate of drug-likeness (QED) is 0.844. The number of carbonyl (C=O) groups is 1. The highest BCUT2D eigenvalue weighted by atomic mass is 35.5. The summed E-state index contributed by atoms with van der Waals surface area (Å²) in [6, 6.07) is 7.96. The highest BCUT2D eigenvalue weighted by Gasteiger charge is 2.13. The molecule has 0 radical (unpaired) electrons. The molecule has 4 nitrogen and oxygen atoms in total. The molecule has 2 aromatic rings. The molecule has 0 aliphatic carbocycles. The van der Waals surface area contributed by atoms with Crippen LogP contribution in [-0.2, 0) is 0 Å². The molecule has 0 heterocycles. The molecule has 0 fully saturated rings. The standard InChI is InChI=1S/C13H9ClFNO3/c14-10-6-8(2-3-11(10)15)19-12-4-1-7(16)5-9(12)13(17)18/h1-6H,16H2,(H,17,18). The molecule has 0 atom stereocenters. The first-order chi connectivity index (χ1) is 8.97. The van der Waals surface area contributed by atoms with Gasteiger partial charge in [-0.15, -0.1) is 0 Å². The van der Waals surface area contributed by atoms with Gasteiger partial charge in [-0.25, -0.2) is 9.18 Å². The van der Waals surface area contributed by atoms with Gasteiger partial charge >= 0.3 is 5.97 Å². The Bertz CT molecular complexity index is 646. The molecule has 3 N–H and O–H groups in total. The number of halogens is 2. The van der Waals surface area contributed by atoms with Crippen molar-refractivity contribution in [2.45, 2.75) is 0 Å². The average molecular weight is 282 g/mol. The second-order valence-corrected chi connectivity index (χ2v) is 4.15. The number of carboxylic acids is 1. The molecule has 0 amide bonds. The molecule has 2 aromatic carbocycles. The first-order valence-corrected chi connectivity index (χ1v) is 5.61. The van der Waals surface area contributed by atoms with Gasteiger partial charge in [0.1, 0.15) is 22.9 Å². The topological polar surface area (TPSA) is 72.5 Å².